The fourth-order valence-corrected chi connectivity index (χ4v) is 2.42. The number of aliphatic hydroxyl groups is 1. The minimum atomic E-state index is -4.20. The summed E-state index contributed by atoms with van der Waals surface area (Å²) in [7, 11) is 1.18. The van der Waals surface area contributed by atoms with E-state index in [9.17, 15) is 23.1 Å². The molecule has 0 heterocycles. The van der Waals surface area contributed by atoms with Crippen molar-refractivity contribution in [2.75, 3.05) is 7.11 Å². The molecule has 1 rings (SSSR count). The Morgan fingerprint density at radius 2 is 2.05 bits per heavy atom. The molecule has 0 unspecified atom stereocenters. The first-order valence-electron chi connectivity index (χ1n) is 6.34. The van der Waals surface area contributed by atoms with E-state index in [1.165, 1.54) is 14.0 Å². The van der Waals surface area contributed by atoms with Crippen molar-refractivity contribution in [1.82, 2.24) is 5.32 Å². The van der Waals surface area contributed by atoms with Crippen LogP contribution >= 0.6 is 0 Å². The van der Waals surface area contributed by atoms with Gasteiger partial charge >= 0.3 is 12.1 Å². The Labute approximate surface area is 110 Å². The highest BCUT2D eigenvalue weighted by Crippen LogP contribution is 2.37. The van der Waals surface area contributed by atoms with Gasteiger partial charge < -0.3 is 9.84 Å². The minimum absolute atomic E-state index is 0.0658. The van der Waals surface area contributed by atoms with Crippen LogP contribution in [0.3, 0.4) is 0 Å². The first-order chi connectivity index (χ1) is 8.75. The molecule has 4 nitrogen and oxygen atoms in total. The normalized spacial score (nSPS) is 27.7. The van der Waals surface area contributed by atoms with E-state index in [2.05, 4.69) is 10.1 Å². The molecule has 112 valence electrons. The number of esters is 1. The van der Waals surface area contributed by atoms with Crippen molar-refractivity contribution in [3.05, 3.63) is 0 Å². The number of rotatable bonds is 4. The number of hydrogen-bond acceptors (Lipinski definition) is 4. The van der Waals surface area contributed by atoms with Gasteiger partial charge in [0, 0.05) is 6.04 Å². The standard InChI is InChI=1S/C12H20F3NO3/c1-7(17)10(11(18)19-2)16-9-5-3-4-8(6-9)12(13,14)15/h7-10,16-17H,3-6H2,1-2H3/t7-,8+,9-,10-/m1/s1. The molecule has 0 aromatic carbocycles. The number of carbonyl (C=O) groups excluding carboxylic acids is 1. The number of hydrogen-bond donors (Lipinski definition) is 2. The van der Waals surface area contributed by atoms with Crippen molar-refractivity contribution in [3.8, 4) is 0 Å². The van der Waals surface area contributed by atoms with Gasteiger partial charge in [-0.2, -0.15) is 13.2 Å². The second-order valence-corrected chi connectivity index (χ2v) is 5.01. The predicted octanol–water partition coefficient (Wildman–Crippen LogP) is 1.62. The van der Waals surface area contributed by atoms with Crippen LogP contribution in [0.25, 0.3) is 0 Å². The van der Waals surface area contributed by atoms with Gasteiger partial charge in [0.1, 0.15) is 6.04 Å². The molecule has 1 aliphatic rings. The van der Waals surface area contributed by atoms with Crippen LogP contribution in [0.15, 0.2) is 0 Å². The van der Waals surface area contributed by atoms with Crippen LogP contribution in [0, 0.1) is 5.92 Å². The monoisotopic (exact) mass is 283 g/mol. The molecule has 1 fully saturated rings. The zero-order valence-electron chi connectivity index (χ0n) is 11.0. The third-order valence-electron chi connectivity index (χ3n) is 3.49. The zero-order chi connectivity index (χ0) is 14.6. The molecule has 4 atom stereocenters. The maximum absolute atomic E-state index is 12.7. The second kappa shape index (κ2) is 6.56. The van der Waals surface area contributed by atoms with Crippen molar-refractivity contribution in [1.29, 1.82) is 0 Å². The van der Waals surface area contributed by atoms with E-state index in [0.29, 0.717) is 12.8 Å². The molecule has 7 heteroatoms. The number of nitrogens with one attached hydrogen (secondary N) is 1. The van der Waals surface area contributed by atoms with Gasteiger partial charge in [-0.3, -0.25) is 10.1 Å². The molecule has 1 saturated carbocycles. The van der Waals surface area contributed by atoms with Crippen molar-refractivity contribution in [2.24, 2.45) is 5.92 Å². The van der Waals surface area contributed by atoms with Crippen molar-refractivity contribution in [3.63, 3.8) is 0 Å². The Balaban J connectivity index is 2.62. The number of methoxy groups -OCH3 is 1. The Morgan fingerprint density at radius 3 is 2.53 bits per heavy atom. The second-order valence-electron chi connectivity index (χ2n) is 5.01. The molecule has 0 saturated heterocycles. The molecule has 2 N–H and O–H groups in total. The lowest BCUT2D eigenvalue weighted by Gasteiger charge is -2.33. The van der Waals surface area contributed by atoms with Gasteiger partial charge in [0.05, 0.1) is 19.1 Å². The number of carbonyl (C=O) groups is 1. The SMILES string of the molecule is COC(=O)[C@H](N[C@@H]1CCC[C@H](C(F)(F)F)C1)[C@@H](C)O. The molecule has 0 aromatic rings. The topological polar surface area (TPSA) is 58.6 Å². The Hall–Kier alpha value is -0.820. The summed E-state index contributed by atoms with van der Waals surface area (Å²) in [6, 6.07) is -1.42. The third-order valence-corrected chi connectivity index (χ3v) is 3.49. The van der Waals surface area contributed by atoms with Crippen LogP contribution in [-0.2, 0) is 9.53 Å². The highest BCUT2D eigenvalue weighted by molar-refractivity contribution is 5.76. The van der Waals surface area contributed by atoms with Crippen LogP contribution in [0.4, 0.5) is 13.2 Å². The summed E-state index contributed by atoms with van der Waals surface area (Å²) in [6.45, 7) is 1.40. The van der Waals surface area contributed by atoms with Crippen LogP contribution in [0.5, 0.6) is 0 Å². The molecule has 1 aliphatic carbocycles. The van der Waals surface area contributed by atoms with E-state index in [4.69, 9.17) is 0 Å². The molecule has 19 heavy (non-hydrogen) atoms. The number of ether oxygens (including phenoxy) is 1. The van der Waals surface area contributed by atoms with Crippen molar-refractivity contribution in [2.45, 2.75) is 57.0 Å². The summed E-state index contributed by atoms with van der Waals surface area (Å²) in [5, 5.41) is 12.3. The lowest BCUT2D eigenvalue weighted by molar-refractivity contribution is -0.184. The molecule has 0 aliphatic heterocycles. The van der Waals surface area contributed by atoms with Crippen LogP contribution in [-0.4, -0.2) is 42.5 Å². The minimum Gasteiger partial charge on any atom is -0.468 e. The largest absolute Gasteiger partial charge is 0.468 e. The molecular weight excluding hydrogens is 263 g/mol. The van der Waals surface area contributed by atoms with E-state index in [-0.39, 0.29) is 12.8 Å². The Kier molecular flexibility index (Phi) is 5.61. The van der Waals surface area contributed by atoms with E-state index in [1.54, 1.807) is 0 Å². The van der Waals surface area contributed by atoms with E-state index < -0.39 is 36.3 Å². The molecule has 0 amide bonds. The molecule has 0 radical (unpaired) electrons. The predicted molar refractivity (Wildman–Crippen MR) is 62.4 cm³/mol. The summed E-state index contributed by atoms with van der Waals surface area (Å²) in [5.74, 6) is -2.00. The van der Waals surface area contributed by atoms with Crippen LogP contribution in [0.2, 0.25) is 0 Å². The van der Waals surface area contributed by atoms with Gasteiger partial charge in [-0.05, 0) is 26.2 Å². The molecular formula is C12H20F3NO3. The summed E-state index contributed by atoms with van der Waals surface area (Å²) < 4.78 is 42.5. The van der Waals surface area contributed by atoms with Gasteiger partial charge in [-0.25, -0.2) is 0 Å². The molecule has 0 bridgehead atoms. The highest BCUT2D eigenvalue weighted by atomic mass is 19.4. The van der Waals surface area contributed by atoms with E-state index in [1.807, 2.05) is 0 Å². The van der Waals surface area contributed by atoms with Gasteiger partial charge in [-0.15, -0.1) is 0 Å². The van der Waals surface area contributed by atoms with Crippen LogP contribution in [0.1, 0.15) is 32.6 Å². The first kappa shape index (κ1) is 16.2. The average Bonchev–Trinajstić information content (AvgIpc) is 2.34. The van der Waals surface area contributed by atoms with Crippen molar-refractivity contribution < 1.29 is 27.8 Å². The summed E-state index contributed by atoms with van der Waals surface area (Å²) in [4.78, 5) is 11.4. The smallest absolute Gasteiger partial charge is 0.391 e. The molecule has 0 spiro atoms. The summed E-state index contributed by atoms with van der Waals surface area (Å²) in [5.41, 5.74) is 0. The quantitative estimate of drug-likeness (QED) is 0.770. The lowest BCUT2D eigenvalue weighted by atomic mass is 9.85. The Bertz CT molecular complexity index is 307. The average molecular weight is 283 g/mol. The summed E-state index contributed by atoms with van der Waals surface area (Å²) in [6.07, 6.45) is -4.14. The molecule has 0 aromatic heterocycles. The Morgan fingerprint density at radius 1 is 1.42 bits per heavy atom. The number of halogens is 3. The van der Waals surface area contributed by atoms with Gasteiger partial charge in [0.25, 0.3) is 0 Å². The first-order valence-corrected chi connectivity index (χ1v) is 6.34. The summed E-state index contributed by atoms with van der Waals surface area (Å²) >= 11 is 0. The fourth-order valence-electron chi connectivity index (χ4n) is 2.42. The van der Waals surface area contributed by atoms with E-state index in [0.717, 1.165) is 0 Å². The fraction of sp³-hybridized carbons (Fsp3) is 0.917. The van der Waals surface area contributed by atoms with Crippen molar-refractivity contribution >= 4 is 5.97 Å². The maximum atomic E-state index is 12.7. The van der Waals surface area contributed by atoms with Crippen LogP contribution < -0.4 is 5.32 Å². The maximum Gasteiger partial charge on any atom is 0.391 e. The lowest BCUT2D eigenvalue weighted by Crippen LogP contribution is -2.51. The van der Waals surface area contributed by atoms with Gasteiger partial charge in [0.2, 0.25) is 0 Å². The van der Waals surface area contributed by atoms with Gasteiger partial charge in [-0.1, -0.05) is 6.42 Å². The number of aliphatic hydroxyl groups excluding tert-OH is 1. The third kappa shape index (κ3) is 4.65. The zero-order valence-corrected chi connectivity index (χ0v) is 11.0. The highest BCUT2D eigenvalue weighted by Gasteiger charge is 2.43. The number of alkyl halides is 3. The van der Waals surface area contributed by atoms with Gasteiger partial charge in [0.15, 0.2) is 0 Å². The van der Waals surface area contributed by atoms with E-state index >= 15 is 0 Å².